The van der Waals surface area contributed by atoms with Crippen molar-refractivity contribution in [2.45, 2.75) is 6.42 Å². The van der Waals surface area contributed by atoms with Gasteiger partial charge in [-0.1, -0.05) is 46.4 Å². The first-order valence-corrected chi connectivity index (χ1v) is 7.38. The molecule has 96 valence electrons. The van der Waals surface area contributed by atoms with Crippen LogP contribution in [-0.2, 0) is 6.42 Å². The monoisotopic (exact) mass is 340 g/mol. The smallest absolute Gasteiger partial charge is 0.150 e. The Morgan fingerprint density at radius 1 is 1.11 bits per heavy atom. The normalized spacial score (nSPS) is 10.7. The molecule has 0 aliphatic heterocycles. The summed E-state index contributed by atoms with van der Waals surface area (Å²) < 4.78 is 0.788. The van der Waals surface area contributed by atoms with E-state index >= 15 is 0 Å². The molecule has 0 bridgehead atoms. The van der Waals surface area contributed by atoms with Crippen LogP contribution in [0.4, 0.5) is 5.82 Å². The van der Waals surface area contributed by atoms with Crippen molar-refractivity contribution in [1.82, 2.24) is 4.98 Å². The number of rotatable bonds is 4. The van der Waals surface area contributed by atoms with Gasteiger partial charge in [0.15, 0.2) is 0 Å². The van der Waals surface area contributed by atoms with Crippen LogP contribution in [0.25, 0.3) is 0 Å². The van der Waals surface area contributed by atoms with Gasteiger partial charge < -0.3 is 5.32 Å². The first-order chi connectivity index (χ1) is 8.56. The van der Waals surface area contributed by atoms with E-state index in [-0.39, 0.29) is 5.15 Å². The minimum absolute atomic E-state index is 0.239. The predicted octanol–water partition coefficient (Wildman–Crippen LogP) is 5.41. The lowest BCUT2D eigenvalue weighted by Gasteiger charge is -2.07. The second kappa shape index (κ2) is 6.31. The van der Waals surface area contributed by atoms with E-state index in [4.69, 9.17) is 46.4 Å². The number of nitrogens with one attached hydrogen (secondary N) is 1. The summed E-state index contributed by atoms with van der Waals surface area (Å²) in [7, 11) is 0. The van der Waals surface area contributed by atoms with E-state index < -0.39 is 0 Å². The molecule has 0 amide bonds. The van der Waals surface area contributed by atoms with Gasteiger partial charge in [-0.05, 0) is 24.6 Å². The molecule has 2 aromatic rings. The second-order valence-corrected chi connectivity index (χ2v) is 6.45. The third-order valence-electron chi connectivity index (χ3n) is 2.18. The molecule has 18 heavy (non-hydrogen) atoms. The van der Waals surface area contributed by atoms with E-state index in [0.29, 0.717) is 22.4 Å². The summed E-state index contributed by atoms with van der Waals surface area (Å²) in [5.41, 5.74) is 0. The molecule has 0 saturated heterocycles. The fourth-order valence-corrected chi connectivity index (χ4v) is 3.01. The lowest BCUT2D eigenvalue weighted by molar-refractivity contribution is 1.03. The fraction of sp³-hybridized carbons (Fsp3) is 0.182. The number of thiophene rings is 1. The molecule has 2 heterocycles. The maximum absolute atomic E-state index is 6.00. The molecule has 2 nitrogen and oxygen atoms in total. The Labute approximate surface area is 129 Å². The SMILES string of the molecule is Clc1ccc(CCNc2nc(Cl)c(Cl)cc2Cl)s1. The van der Waals surface area contributed by atoms with Crippen molar-refractivity contribution in [3.8, 4) is 0 Å². The number of nitrogens with zero attached hydrogens (tertiary/aromatic N) is 1. The summed E-state index contributed by atoms with van der Waals surface area (Å²) in [6, 6.07) is 5.45. The quantitative estimate of drug-likeness (QED) is 0.752. The first-order valence-electron chi connectivity index (χ1n) is 5.06. The van der Waals surface area contributed by atoms with Crippen molar-refractivity contribution < 1.29 is 0 Å². The van der Waals surface area contributed by atoms with Crippen molar-refractivity contribution >= 4 is 63.6 Å². The van der Waals surface area contributed by atoms with E-state index in [1.807, 2.05) is 12.1 Å². The van der Waals surface area contributed by atoms with Gasteiger partial charge >= 0.3 is 0 Å². The van der Waals surface area contributed by atoms with Crippen LogP contribution < -0.4 is 5.32 Å². The van der Waals surface area contributed by atoms with E-state index in [9.17, 15) is 0 Å². The molecular formula is C11H8Cl4N2S. The van der Waals surface area contributed by atoms with Crippen molar-refractivity contribution in [3.63, 3.8) is 0 Å². The third-order valence-corrected chi connectivity index (χ3v) is 4.43. The Morgan fingerprint density at radius 2 is 1.89 bits per heavy atom. The van der Waals surface area contributed by atoms with Gasteiger partial charge in [-0.2, -0.15) is 0 Å². The molecule has 0 unspecified atom stereocenters. The standard InChI is InChI=1S/C11H8Cl4N2S/c12-7-5-8(13)11(17-10(7)15)16-4-3-6-1-2-9(14)18-6/h1-2,5H,3-4H2,(H,16,17). The van der Waals surface area contributed by atoms with Gasteiger partial charge in [0.05, 0.1) is 14.4 Å². The number of hydrogen-bond donors (Lipinski definition) is 1. The van der Waals surface area contributed by atoms with Gasteiger partial charge in [0, 0.05) is 11.4 Å². The summed E-state index contributed by atoms with van der Waals surface area (Å²) in [6.45, 7) is 0.696. The lowest BCUT2D eigenvalue weighted by atomic mass is 10.3. The molecule has 0 aliphatic carbocycles. The van der Waals surface area contributed by atoms with Gasteiger partial charge in [0.2, 0.25) is 0 Å². The van der Waals surface area contributed by atoms with Crippen LogP contribution >= 0.6 is 57.7 Å². The average molecular weight is 342 g/mol. The zero-order valence-corrected chi connectivity index (χ0v) is 12.9. The summed E-state index contributed by atoms with van der Waals surface area (Å²) in [5, 5.41) is 4.15. The molecule has 7 heteroatoms. The van der Waals surface area contributed by atoms with E-state index in [2.05, 4.69) is 10.3 Å². The number of aromatic nitrogens is 1. The highest BCUT2D eigenvalue weighted by Gasteiger charge is 2.07. The third kappa shape index (κ3) is 3.65. The molecule has 0 spiro atoms. The van der Waals surface area contributed by atoms with Gasteiger partial charge in [0.25, 0.3) is 0 Å². The Balaban J connectivity index is 1.96. The average Bonchev–Trinajstić information content (AvgIpc) is 2.71. The van der Waals surface area contributed by atoms with Gasteiger partial charge in [-0.25, -0.2) is 4.98 Å². The van der Waals surface area contributed by atoms with Crippen LogP contribution in [0.1, 0.15) is 4.88 Å². The summed E-state index contributed by atoms with van der Waals surface area (Å²) in [4.78, 5) is 5.27. The summed E-state index contributed by atoms with van der Waals surface area (Å²) >= 11 is 25.0. The highest BCUT2D eigenvalue weighted by atomic mass is 35.5. The van der Waals surface area contributed by atoms with Gasteiger partial charge in [-0.3, -0.25) is 0 Å². The largest absolute Gasteiger partial charge is 0.368 e. The van der Waals surface area contributed by atoms with E-state index in [1.54, 1.807) is 17.4 Å². The fourth-order valence-electron chi connectivity index (χ4n) is 1.36. The first kappa shape index (κ1) is 14.2. The number of anilines is 1. The molecule has 0 aliphatic rings. The molecule has 0 fully saturated rings. The molecule has 2 rings (SSSR count). The van der Waals surface area contributed by atoms with Crippen molar-refractivity contribution in [1.29, 1.82) is 0 Å². The Bertz CT molecular complexity index is 556. The molecule has 0 aromatic carbocycles. The van der Waals surface area contributed by atoms with Gasteiger partial charge in [0.1, 0.15) is 11.0 Å². The summed E-state index contributed by atoms with van der Waals surface area (Å²) in [6.07, 6.45) is 0.843. The molecule has 0 atom stereocenters. The van der Waals surface area contributed by atoms with E-state index in [0.717, 1.165) is 10.8 Å². The van der Waals surface area contributed by atoms with Gasteiger partial charge in [-0.15, -0.1) is 11.3 Å². The van der Waals surface area contributed by atoms with Crippen LogP contribution in [0.15, 0.2) is 18.2 Å². The Kier molecular flexibility index (Phi) is 4.98. The Hall–Kier alpha value is -0.190. The minimum Gasteiger partial charge on any atom is -0.368 e. The van der Waals surface area contributed by atoms with Crippen LogP contribution in [0.2, 0.25) is 19.5 Å². The second-order valence-electron chi connectivity index (χ2n) is 3.47. The molecule has 2 aromatic heterocycles. The highest BCUT2D eigenvalue weighted by molar-refractivity contribution is 7.16. The number of pyridine rings is 1. The van der Waals surface area contributed by atoms with E-state index in [1.165, 1.54) is 4.88 Å². The maximum Gasteiger partial charge on any atom is 0.150 e. The van der Waals surface area contributed by atoms with Crippen LogP contribution in [-0.4, -0.2) is 11.5 Å². The summed E-state index contributed by atoms with van der Waals surface area (Å²) in [5.74, 6) is 0.536. The maximum atomic E-state index is 6.00. The van der Waals surface area contributed by atoms with Crippen LogP contribution in [0.3, 0.4) is 0 Å². The molecule has 0 radical (unpaired) electrons. The van der Waals surface area contributed by atoms with Crippen molar-refractivity contribution in [3.05, 3.63) is 42.6 Å². The van der Waals surface area contributed by atoms with Crippen LogP contribution in [0.5, 0.6) is 0 Å². The predicted molar refractivity (Wildman–Crippen MR) is 80.8 cm³/mol. The van der Waals surface area contributed by atoms with Crippen molar-refractivity contribution in [2.24, 2.45) is 0 Å². The lowest BCUT2D eigenvalue weighted by Crippen LogP contribution is -2.06. The number of hydrogen-bond acceptors (Lipinski definition) is 3. The Morgan fingerprint density at radius 3 is 2.56 bits per heavy atom. The highest BCUT2D eigenvalue weighted by Crippen LogP contribution is 2.29. The van der Waals surface area contributed by atoms with Crippen LogP contribution in [0, 0.1) is 0 Å². The molecule has 0 saturated carbocycles. The van der Waals surface area contributed by atoms with Crippen molar-refractivity contribution in [2.75, 3.05) is 11.9 Å². The minimum atomic E-state index is 0.239. The molecule has 1 N–H and O–H groups in total. The topological polar surface area (TPSA) is 24.9 Å². The zero-order valence-electron chi connectivity index (χ0n) is 9.01. The zero-order chi connectivity index (χ0) is 13.1. The number of halogens is 4. The molecular weight excluding hydrogens is 334 g/mol.